The van der Waals surface area contributed by atoms with Crippen LogP contribution in [0, 0.1) is 40.4 Å². The summed E-state index contributed by atoms with van der Waals surface area (Å²) in [5.74, 6) is 1.34. The second-order valence-corrected chi connectivity index (χ2v) is 17.7. The Labute approximate surface area is 265 Å². The predicted octanol–water partition coefficient (Wildman–Crippen LogP) is 8.20. The third-order valence-electron chi connectivity index (χ3n) is 10.4. The summed E-state index contributed by atoms with van der Waals surface area (Å²) in [5.41, 5.74) is -0.330. The Morgan fingerprint density at radius 2 is 1.52 bits per heavy atom. The van der Waals surface area contributed by atoms with Gasteiger partial charge in [0.2, 0.25) is 7.59 Å². The third kappa shape index (κ3) is 7.18. The van der Waals surface area contributed by atoms with Crippen molar-refractivity contribution in [3.8, 4) is 0 Å². The maximum Gasteiger partial charge on any atom is 0.508 e. The zero-order valence-electron chi connectivity index (χ0n) is 22.8. The average molecular weight is 684 g/mol. The summed E-state index contributed by atoms with van der Waals surface area (Å²) >= 11 is 34.5. The SMILES string of the molecule is CC(=O)[C@H]1CC[C@H]2[C@@H]3CC[C@@H]4C[C@H](OC(=O)OCC(Cl)(Cl)Cl)CC[C@]4(C)[C@H]3[C@H](NC(=O)OCC(Cl)(Cl)Cl)C[C@]12C. The fourth-order valence-corrected chi connectivity index (χ4v) is 9.29. The Bertz CT molecular complexity index is 988. The fraction of sp³-hybridized carbons (Fsp3) is 0.889. The van der Waals surface area contributed by atoms with Crippen LogP contribution in [0.15, 0.2) is 0 Å². The first-order valence-corrected chi connectivity index (χ1v) is 16.1. The lowest BCUT2D eigenvalue weighted by molar-refractivity contribution is -0.148. The monoisotopic (exact) mass is 681 g/mol. The molecule has 228 valence electrons. The molecule has 0 saturated heterocycles. The zero-order valence-corrected chi connectivity index (χ0v) is 27.4. The van der Waals surface area contributed by atoms with Crippen molar-refractivity contribution in [2.75, 3.05) is 13.2 Å². The summed E-state index contributed by atoms with van der Waals surface area (Å²) in [6.45, 7) is 5.44. The molecule has 4 rings (SSSR count). The van der Waals surface area contributed by atoms with E-state index in [0.29, 0.717) is 31.1 Å². The maximum atomic E-state index is 12.9. The van der Waals surface area contributed by atoms with Gasteiger partial charge in [0.25, 0.3) is 0 Å². The number of carbonyl (C=O) groups is 3. The first kappa shape index (κ1) is 32.9. The number of ketones is 1. The summed E-state index contributed by atoms with van der Waals surface area (Å²) in [7, 11) is 0. The number of alkyl halides is 6. The van der Waals surface area contributed by atoms with Gasteiger partial charge in [-0.05, 0) is 92.8 Å². The number of ether oxygens (including phenoxy) is 3. The molecule has 0 aromatic rings. The van der Waals surface area contributed by atoms with Crippen LogP contribution in [0.25, 0.3) is 0 Å². The third-order valence-corrected chi connectivity index (χ3v) is 11.0. The van der Waals surface area contributed by atoms with Gasteiger partial charge >= 0.3 is 12.2 Å². The van der Waals surface area contributed by atoms with Crippen molar-refractivity contribution >= 4 is 87.6 Å². The number of alkyl carbamates (subject to hydrolysis) is 1. The highest BCUT2D eigenvalue weighted by Crippen LogP contribution is 2.67. The van der Waals surface area contributed by atoms with E-state index in [1.54, 1.807) is 6.92 Å². The Hall–Kier alpha value is -0.0500. The van der Waals surface area contributed by atoms with E-state index in [-0.39, 0.29) is 53.1 Å². The Kier molecular flexibility index (Phi) is 9.98. The Morgan fingerprint density at radius 1 is 0.875 bits per heavy atom. The van der Waals surface area contributed by atoms with E-state index in [4.69, 9.17) is 83.8 Å². The highest BCUT2D eigenvalue weighted by Gasteiger charge is 2.64. The molecule has 0 radical (unpaired) electrons. The number of carbonyl (C=O) groups excluding carboxylic acids is 3. The Balaban J connectivity index is 1.54. The van der Waals surface area contributed by atoms with Crippen molar-refractivity contribution in [3.63, 3.8) is 0 Å². The Morgan fingerprint density at radius 3 is 2.15 bits per heavy atom. The number of Topliss-reactive ketones (excluding diaryl/α,β-unsaturated/α-hetero) is 1. The van der Waals surface area contributed by atoms with Gasteiger partial charge in [-0.3, -0.25) is 4.79 Å². The highest BCUT2D eigenvalue weighted by atomic mass is 35.6. The number of amides is 1. The predicted molar refractivity (Wildman–Crippen MR) is 156 cm³/mol. The second-order valence-electron chi connectivity index (χ2n) is 12.6. The van der Waals surface area contributed by atoms with Crippen molar-refractivity contribution in [2.45, 2.75) is 91.9 Å². The van der Waals surface area contributed by atoms with Crippen molar-refractivity contribution < 1.29 is 28.6 Å². The summed E-state index contributed by atoms with van der Waals surface area (Å²) in [4.78, 5) is 37.9. The molecule has 0 aliphatic heterocycles. The molecule has 0 unspecified atom stereocenters. The van der Waals surface area contributed by atoms with E-state index in [2.05, 4.69) is 19.2 Å². The quantitative estimate of drug-likeness (QED) is 0.232. The normalized spacial score (nSPS) is 39.3. The smallest absolute Gasteiger partial charge is 0.445 e. The summed E-state index contributed by atoms with van der Waals surface area (Å²) in [6.07, 6.45) is 4.87. The van der Waals surface area contributed by atoms with E-state index in [1.165, 1.54) is 0 Å². The average Bonchev–Trinajstić information content (AvgIpc) is 3.17. The molecule has 7 nitrogen and oxygen atoms in total. The number of fused-ring (bicyclic) bond motifs is 5. The molecule has 0 aromatic carbocycles. The highest BCUT2D eigenvalue weighted by molar-refractivity contribution is 6.68. The molecular weight excluding hydrogens is 647 g/mol. The van der Waals surface area contributed by atoms with Crippen molar-refractivity contribution in [2.24, 2.45) is 40.4 Å². The standard InChI is InChI=1S/C27H37Cl6NO6/c1-14(35)18-6-7-19-17-5-4-15-10-16(40-23(37)39-13-27(31,32)33)8-9-24(15,2)21(17)20(11-25(18,19)3)34-22(36)38-12-26(28,29)30/h15-21H,4-13H2,1-3H3,(H,34,36)/t15-,16-,17+,18-,19+,20-,21-,24+,25-/m1/s1. The summed E-state index contributed by atoms with van der Waals surface area (Å²) < 4.78 is 12.4. The van der Waals surface area contributed by atoms with Gasteiger partial charge in [0, 0.05) is 12.0 Å². The first-order chi connectivity index (χ1) is 18.4. The molecule has 0 aromatic heterocycles. The van der Waals surface area contributed by atoms with Crippen LogP contribution in [0.3, 0.4) is 0 Å². The molecule has 4 saturated carbocycles. The van der Waals surface area contributed by atoms with Gasteiger partial charge in [0.1, 0.15) is 25.1 Å². The number of hydrogen-bond donors (Lipinski definition) is 1. The van der Waals surface area contributed by atoms with Crippen LogP contribution in [0.1, 0.15) is 72.1 Å². The molecule has 1 amide bonds. The minimum Gasteiger partial charge on any atom is -0.445 e. The van der Waals surface area contributed by atoms with E-state index < -0.39 is 26.4 Å². The number of halogens is 6. The molecule has 40 heavy (non-hydrogen) atoms. The van der Waals surface area contributed by atoms with Crippen LogP contribution >= 0.6 is 69.6 Å². The lowest BCUT2D eigenvalue weighted by Gasteiger charge is -2.63. The first-order valence-electron chi connectivity index (χ1n) is 13.8. The molecule has 13 heteroatoms. The van der Waals surface area contributed by atoms with E-state index in [1.807, 2.05) is 0 Å². The van der Waals surface area contributed by atoms with Crippen molar-refractivity contribution in [1.82, 2.24) is 5.32 Å². The van der Waals surface area contributed by atoms with E-state index in [9.17, 15) is 14.4 Å². The van der Waals surface area contributed by atoms with Gasteiger partial charge in [0.15, 0.2) is 0 Å². The molecular formula is C27H37Cl6NO6. The topological polar surface area (TPSA) is 90.9 Å². The summed E-state index contributed by atoms with van der Waals surface area (Å²) in [5, 5.41) is 3.13. The van der Waals surface area contributed by atoms with Crippen LogP contribution in [-0.2, 0) is 19.0 Å². The minimum atomic E-state index is -1.71. The second kappa shape index (κ2) is 12.1. The van der Waals surface area contributed by atoms with Gasteiger partial charge < -0.3 is 19.5 Å². The lowest BCUT2D eigenvalue weighted by atomic mass is 9.43. The van der Waals surface area contributed by atoms with Crippen LogP contribution in [0.4, 0.5) is 9.59 Å². The number of hydrogen-bond acceptors (Lipinski definition) is 6. The van der Waals surface area contributed by atoms with Gasteiger partial charge in [-0.2, -0.15) is 0 Å². The fourth-order valence-electron chi connectivity index (χ4n) is 8.97. The molecule has 9 atom stereocenters. The molecule has 0 spiro atoms. The molecule has 0 bridgehead atoms. The number of nitrogens with one attached hydrogen (secondary N) is 1. The number of rotatable bonds is 5. The van der Waals surface area contributed by atoms with Gasteiger partial charge in [-0.1, -0.05) is 83.5 Å². The van der Waals surface area contributed by atoms with E-state index >= 15 is 0 Å². The van der Waals surface area contributed by atoms with Crippen LogP contribution in [-0.4, -0.2) is 51.0 Å². The van der Waals surface area contributed by atoms with Crippen LogP contribution in [0.2, 0.25) is 0 Å². The van der Waals surface area contributed by atoms with Gasteiger partial charge in [-0.15, -0.1) is 0 Å². The van der Waals surface area contributed by atoms with Crippen LogP contribution < -0.4 is 5.32 Å². The molecule has 4 fully saturated rings. The van der Waals surface area contributed by atoms with E-state index in [0.717, 1.165) is 32.1 Å². The lowest BCUT2D eigenvalue weighted by Crippen LogP contribution is -2.63. The molecule has 0 heterocycles. The zero-order chi connectivity index (χ0) is 29.7. The largest absolute Gasteiger partial charge is 0.508 e. The minimum absolute atomic E-state index is 0.0340. The van der Waals surface area contributed by atoms with Crippen molar-refractivity contribution in [1.29, 1.82) is 0 Å². The molecule has 4 aliphatic rings. The molecule has 1 N–H and O–H groups in total. The van der Waals surface area contributed by atoms with Gasteiger partial charge in [-0.25, -0.2) is 9.59 Å². The van der Waals surface area contributed by atoms with Gasteiger partial charge in [0.05, 0.1) is 0 Å². The molecule has 4 aliphatic carbocycles. The van der Waals surface area contributed by atoms with Crippen LogP contribution in [0.5, 0.6) is 0 Å². The maximum absolute atomic E-state index is 12.9. The summed E-state index contributed by atoms with van der Waals surface area (Å²) in [6, 6.07) is -0.214. The van der Waals surface area contributed by atoms with Crippen molar-refractivity contribution in [3.05, 3.63) is 0 Å².